The van der Waals surface area contributed by atoms with Gasteiger partial charge in [-0.25, -0.2) is 0 Å². The van der Waals surface area contributed by atoms with Crippen molar-refractivity contribution in [3.05, 3.63) is 29.8 Å². The molecule has 24 heavy (non-hydrogen) atoms. The summed E-state index contributed by atoms with van der Waals surface area (Å²) in [4.78, 5) is 36.6. The van der Waals surface area contributed by atoms with Crippen LogP contribution in [0.25, 0.3) is 6.08 Å². The summed E-state index contributed by atoms with van der Waals surface area (Å²) in [5.41, 5.74) is 0.356. The zero-order valence-corrected chi connectivity index (χ0v) is 14.4. The van der Waals surface area contributed by atoms with E-state index in [0.717, 1.165) is 5.56 Å². The van der Waals surface area contributed by atoms with Crippen LogP contribution in [0.5, 0.6) is 11.5 Å². The molecular weight excluding hydrogens is 308 g/mol. The van der Waals surface area contributed by atoms with Crippen molar-refractivity contribution in [3.63, 3.8) is 0 Å². The Balaban J connectivity index is 2.16. The van der Waals surface area contributed by atoms with Crippen LogP contribution in [0, 0.1) is 11.3 Å². The molecule has 1 aromatic carbocycles. The molecule has 0 spiro atoms. The van der Waals surface area contributed by atoms with E-state index in [-0.39, 0.29) is 29.8 Å². The lowest BCUT2D eigenvalue weighted by atomic mass is 9.70. The van der Waals surface area contributed by atoms with Crippen molar-refractivity contribution in [2.45, 2.75) is 26.7 Å². The molecule has 0 radical (unpaired) electrons. The van der Waals surface area contributed by atoms with Crippen molar-refractivity contribution < 1.29 is 23.9 Å². The molecule has 0 heterocycles. The summed E-state index contributed by atoms with van der Waals surface area (Å²) in [7, 11) is 3.07. The Kier molecular flexibility index (Phi) is 5.22. The molecule has 0 saturated heterocycles. The van der Waals surface area contributed by atoms with E-state index >= 15 is 0 Å². The number of carbonyl (C=O) groups excluding carboxylic acids is 3. The van der Waals surface area contributed by atoms with E-state index in [2.05, 4.69) is 0 Å². The molecule has 1 aliphatic carbocycles. The second-order valence-electron chi connectivity index (χ2n) is 6.73. The van der Waals surface area contributed by atoms with E-state index in [1.54, 1.807) is 31.4 Å². The van der Waals surface area contributed by atoms with Gasteiger partial charge in [0.2, 0.25) is 0 Å². The standard InChI is InChI=1S/C19H22O5/c1-19(2)10-14(21)18(15(22)11-19)13(20)7-5-12-6-8-16(23-3)17(9-12)24-4/h5-9,18H,10-11H2,1-4H3/b7-5+. The minimum absolute atomic E-state index is 0.249. The second-order valence-corrected chi connectivity index (χ2v) is 6.73. The van der Waals surface area contributed by atoms with Crippen LogP contribution in [-0.4, -0.2) is 31.6 Å². The largest absolute Gasteiger partial charge is 0.493 e. The molecule has 1 fully saturated rings. The minimum Gasteiger partial charge on any atom is -0.493 e. The number of allylic oxidation sites excluding steroid dienone is 1. The number of benzene rings is 1. The highest BCUT2D eigenvalue weighted by atomic mass is 16.5. The lowest BCUT2D eigenvalue weighted by Crippen LogP contribution is -2.41. The maximum Gasteiger partial charge on any atom is 0.173 e. The molecule has 0 N–H and O–H groups in total. The first-order valence-electron chi connectivity index (χ1n) is 7.77. The Bertz CT molecular complexity index is 680. The summed E-state index contributed by atoms with van der Waals surface area (Å²) < 4.78 is 10.4. The van der Waals surface area contributed by atoms with Crippen LogP contribution >= 0.6 is 0 Å². The normalized spacial score (nSPS) is 18.0. The van der Waals surface area contributed by atoms with Crippen LogP contribution in [0.1, 0.15) is 32.3 Å². The van der Waals surface area contributed by atoms with Crippen molar-refractivity contribution >= 4 is 23.4 Å². The monoisotopic (exact) mass is 330 g/mol. The average molecular weight is 330 g/mol. The van der Waals surface area contributed by atoms with Crippen molar-refractivity contribution in [1.29, 1.82) is 0 Å². The Morgan fingerprint density at radius 1 is 1.08 bits per heavy atom. The van der Waals surface area contributed by atoms with Crippen LogP contribution in [0.3, 0.4) is 0 Å². The highest BCUT2D eigenvalue weighted by Gasteiger charge is 2.42. The SMILES string of the molecule is COc1ccc(/C=C/C(=O)C2C(=O)CC(C)(C)CC2=O)cc1OC. The number of Topliss-reactive ketones (excluding diaryl/α,β-unsaturated/α-hetero) is 2. The number of hydrogen-bond acceptors (Lipinski definition) is 5. The Morgan fingerprint density at radius 2 is 1.67 bits per heavy atom. The molecule has 1 aromatic rings. The fourth-order valence-corrected chi connectivity index (χ4v) is 2.94. The quantitative estimate of drug-likeness (QED) is 0.613. The van der Waals surface area contributed by atoms with E-state index in [4.69, 9.17) is 9.47 Å². The third-order valence-electron chi connectivity index (χ3n) is 4.08. The molecule has 1 saturated carbocycles. The summed E-state index contributed by atoms with van der Waals surface area (Å²) in [5, 5.41) is 0. The van der Waals surface area contributed by atoms with Gasteiger partial charge in [-0.2, -0.15) is 0 Å². The summed E-state index contributed by atoms with van der Waals surface area (Å²) in [6, 6.07) is 5.21. The molecule has 128 valence electrons. The smallest absolute Gasteiger partial charge is 0.173 e. The topological polar surface area (TPSA) is 69.7 Å². The maximum atomic E-state index is 12.3. The maximum absolute atomic E-state index is 12.3. The van der Waals surface area contributed by atoms with Gasteiger partial charge < -0.3 is 9.47 Å². The van der Waals surface area contributed by atoms with Crippen LogP contribution in [0.4, 0.5) is 0 Å². The highest BCUT2D eigenvalue weighted by Crippen LogP contribution is 2.34. The summed E-state index contributed by atoms with van der Waals surface area (Å²) >= 11 is 0. The summed E-state index contributed by atoms with van der Waals surface area (Å²) in [5.74, 6) is -1.08. The Hall–Kier alpha value is -2.43. The lowest BCUT2D eigenvalue weighted by Gasteiger charge is -2.30. The van der Waals surface area contributed by atoms with Crippen LogP contribution < -0.4 is 9.47 Å². The first-order valence-corrected chi connectivity index (χ1v) is 7.77. The van der Waals surface area contributed by atoms with Crippen LogP contribution in [0.2, 0.25) is 0 Å². The van der Waals surface area contributed by atoms with Gasteiger partial charge in [0.15, 0.2) is 28.8 Å². The number of ketones is 3. The van der Waals surface area contributed by atoms with E-state index in [1.807, 2.05) is 13.8 Å². The fraction of sp³-hybridized carbons (Fsp3) is 0.421. The van der Waals surface area contributed by atoms with Gasteiger partial charge in [0.1, 0.15) is 5.92 Å². The minimum atomic E-state index is -1.16. The molecule has 0 aromatic heterocycles. The molecular formula is C19H22O5. The van der Waals surface area contributed by atoms with Gasteiger partial charge in [0.05, 0.1) is 14.2 Å². The first kappa shape index (κ1) is 17.9. The van der Waals surface area contributed by atoms with Crippen molar-refractivity contribution in [2.24, 2.45) is 11.3 Å². The van der Waals surface area contributed by atoms with Gasteiger partial charge in [-0.3, -0.25) is 14.4 Å². The van der Waals surface area contributed by atoms with Gasteiger partial charge in [0.25, 0.3) is 0 Å². The average Bonchev–Trinajstić information content (AvgIpc) is 2.50. The van der Waals surface area contributed by atoms with Gasteiger partial charge in [-0.05, 0) is 29.2 Å². The molecule has 2 rings (SSSR count). The molecule has 0 aliphatic heterocycles. The number of hydrogen-bond donors (Lipinski definition) is 0. The van der Waals surface area contributed by atoms with E-state index in [0.29, 0.717) is 11.5 Å². The fourth-order valence-electron chi connectivity index (χ4n) is 2.94. The third-order valence-corrected chi connectivity index (χ3v) is 4.08. The van der Waals surface area contributed by atoms with Crippen molar-refractivity contribution in [2.75, 3.05) is 14.2 Å². The zero-order valence-electron chi connectivity index (χ0n) is 14.4. The summed E-state index contributed by atoms with van der Waals surface area (Å²) in [6.45, 7) is 3.73. The molecule has 5 nitrogen and oxygen atoms in total. The third kappa shape index (κ3) is 3.91. The first-order chi connectivity index (χ1) is 11.3. The number of rotatable bonds is 5. The molecule has 0 amide bonds. The van der Waals surface area contributed by atoms with Gasteiger partial charge >= 0.3 is 0 Å². The van der Waals surface area contributed by atoms with Gasteiger partial charge in [0, 0.05) is 12.8 Å². The molecule has 1 aliphatic rings. The summed E-state index contributed by atoms with van der Waals surface area (Å²) in [6.07, 6.45) is 3.36. The van der Waals surface area contributed by atoms with Gasteiger partial charge in [-0.1, -0.05) is 26.0 Å². The zero-order chi connectivity index (χ0) is 17.9. The Morgan fingerprint density at radius 3 is 2.21 bits per heavy atom. The molecule has 5 heteroatoms. The molecule has 0 unspecified atom stereocenters. The van der Waals surface area contributed by atoms with E-state index < -0.39 is 11.7 Å². The van der Waals surface area contributed by atoms with Crippen LogP contribution in [0.15, 0.2) is 24.3 Å². The second kappa shape index (κ2) is 6.99. The van der Waals surface area contributed by atoms with Crippen molar-refractivity contribution in [3.8, 4) is 11.5 Å². The number of ether oxygens (including phenoxy) is 2. The van der Waals surface area contributed by atoms with Gasteiger partial charge in [-0.15, -0.1) is 0 Å². The van der Waals surface area contributed by atoms with Crippen molar-refractivity contribution in [1.82, 2.24) is 0 Å². The highest BCUT2D eigenvalue weighted by molar-refractivity contribution is 6.24. The molecule has 0 bridgehead atoms. The Labute approximate surface area is 141 Å². The predicted molar refractivity (Wildman–Crippen MR) is 90.1 cm³/mol. The number of carbonyl (C=O) groups is 3. The van der Waals surface area contributed by atoms with E-state index in [1.165, 1.54) is 13.2 Å². The predicted octanol–water partition coefficient (Wildman–Crippen LogP) is 2.86. The lowest BCUT2D eigenvalue weighted by molar-refractivity contribution is -0.143. The molecule has 0 atom stereocenters. The number of methoxy groups -OCH3 is 2. The van der Waals surface area contributed by atoms with E-state index in [9.17, 15) is 14.4 Å². The van der Waals surface area contributed by atoms with Crippen LogP contribution in [-0.2, 0) is 14.4 Å².